The molecule has 0 amide bonds. The molecule has 0 N–H and O–H groups in total. The molecule has 1 rings (SSSR count). The lowest BCUT2D eigenvalue weighted by atomic mass is 10.2. The molecular weight excluding hydrogens is 241 g/mol. The van der Waals surface area contributed by atoms with Crippen molar-refractivity contribution in [3.05, 3.63) is 29.6 Å². The van der Waals surface area contributed by atoms with Crippen molar-refractivity contribution >= 4 is 39.0 Å². The van der Waals surface area contributed by atoms with Gasteiger partial charge in [0.25, 0.3) is 0 Å². The van der Waals surface area contributed by atoms with E-state index in [1.165, 1.54) is 12.1 Å². The van der Waals surface area contributed by atoms with Gasteiger partial charge in [-0.25, -0.2) is 4.39 Å². The number of hydrogen-bond donors (Lipinski definition) is 0. The highest BCUT2D eigenvalue weighted by Crippen LogP contribution is 2.21. The van der Waals surface area contributed by atoms with Crippen LogP contribution in [0.25, 0.3) is 0 Å². The molecule has 0 unspecified atom stereocenters. The van der Waals surface area contributed by atoms with Crippen molar-refractivity contribution in [2.75, 3.05) is 0 Å². The monoisotopic (exact) mass is 245 g/mol. The van der Waals surface area contributed by atoms with Crippen molar-refractivity contribution in [2.24, 2.45) is 4.99 Å². The van der Waals surface area contributed by atoms with Gasteiger partial charge in [-0.1, -0.05) is 15.9 Å². The van der Waals surface area contributed by atoms with Crippen LogP contribution in [-0.4, -0.2) is 5.16 Å². The minimum Gasteiger partial charge on any atom is -0.207 e. The lowest BCUT2D eigenvalue weighted by molar-refractivity contribution is 0.626. The number of benzene rings is 1. The standard InChI is InChI=1S/C8H5BrFNS/c9-4-6-3-7(10)1-2-8(6)11-5-12/h1-3H,4H2. The van der Waals surface area contributed by atoms with Crippen LogP contribution < -0.4 is 0 Å². The molecule has 0 atom stereocenters. The van der Waals surface area contributed by atoms with Crippen LogP contribution in [0.5, 0.6) is 0 Å². The number of thiocarbonyl (C=S) groups is 1. The van der Waals surface area contributed by atoms with Crippen molar-refractivity contribution in [3.63, 3.8) is 0 Å². The summed E-state index contributed by atoms with van der Waals surface area (Å²) in [5.74, 6) is -0.271. The molecule has 0 radical (unpaired) electrons. The minimum absolute atomic E-state index is 0.271. The fourth-order valence-electron chi connectivity index (χ4n) is 0.819. The lowest BCUT2D eigenvalue weighted by Crippen LogP contribution is -1.81. The average Bonchev–Trinajstić information content (AvgIpc) is 2.08. The molecule has 62 valence electrons. The van der Waals surface area contributed by atoms with Gasteiger partial charge < -0.3 is 0 Å². The van der Waals surface area contributed by atoms with Gasteiger partial charge in [0, 0.05) is 5.33 Å². The summed E-state index contributed by atoms with van der Waals surface area (Å²) in [4.78, 5) is 3.79. The molecule has 0 saturated carbocycles. The number of aliphatic imine (C=N–C) groups is 1. The van der Waals surface area contributed by atoms with Crippen molar-refractivity contribution < 1.29 is 4.39 Å². The molecule has 0 fully saturated rings. The SMILES string of the molecule is Fc1ccc(N=C=S)c(CBr)c1. The highest BCUT2D eigenvalue weighted by molar-refractivity contribution is 9.08. The van der Waals surface area contributed by atoms with Crippen LogP contribution in [0.15, 0.2) is 23.2 Å². The molecule has 1 aromatic rings. The predicted octanol–water partition coefficient (Wildman–Crippen LogP) is 3.45. The molecule has 1 aromatic carbocycles. The number of halogens is 2. The average molecular weight is 246 g/mol. The van der Waals surface area contributed by atoms with Crippen LogP contribution in [-0.2, 0) is 5.33 Å². The van der Waals surface area contributed by atoms with E-state index in [1.807, 2.05) is 0 Å². The summed E-state index contributed by atoms with van der Waals surface area (Å²) >= 11 is 7.67. The first-order valence-electron chi connectivity index (χ1n) is 3.20. The third-order valence-electron chi connectivity index (χ3n) is 1.35. The second-order valence-corrected chi connectivity index (χ2v) is 2.85. The minimum atomic E-state index is -0.271. The molecular formula is C8H5BrFNS. The lowest BCUT2D eigenvalue weighted by Gasteiger charge is -1.99. The Morgan fingerprint density at radius 2 is 2.33 bits per heavy atom. The maximum atomic E-state index is 12.7. The van der Waals surface area contributed by atoms with Gasteiger partial charge in [-0.15, -0.1) is 0 Å². The highest BCUT2D eigenvalue weighted by Gasteiger charge is 2.00. The largest absolute Gasteiger partial charge is 0.207 e. The third-order valence-corrected chi connectivity index (χ3v) is 2.05. The van der Waals surface area contributed by atoms with E-state index in [9.17, 15) is 4.39 Å². The van der Waals surface area contributed by atoms with Gasteiger partial charge >= 0.3 is 0 Å². The second kappa shape index (κ2) is 4.45. The summed E-state index contributed by atoms with van der Waals surface area (Å²) in [6.07, 6.45) is 0. The van der Waals surface area contributed by atoms with Crippen LogP contribution in [0.3, 0.4) is 0 Å². The van der Waals surface area contributed by atoms with E-state index in [0.717, 1.165) is 5.56 Å². The molecule has 0 aliphatic rings. The first-order chi connectivity index (χ1) is 5.77. The molecule has 0 aliphatic heterocycles. The molecule has 0 heterocycles. The van der Waals surface area contributed by atoms with E-state index < -0.39 is 0 Å². The Morgan fingerprint density at radius 1 is 1.58 bits per heavy atom. The van der Waals surface area contributed by atoms with Crippen LogP contribution in [0, 0.1) is 5.82 Å². The van der Waals surface area contributed by atoms with Crippen molar-refractivity contribution in [3.8, 4) is 0 Å². The quantitative estimate of drug-likeness (QED) is 0.442. The Morgan fingerprint density at radius 3 is 2.92 bits per heavy atom. The van der Waals surface area contributed by atoms with Crippen LogP contribution in [0.1, 0.15) is 5.56 Å². The van der Waals surface area contributed by atoms with Crippen molar-refractivity contribution in [2.45, 2.75) is 5.33 Å². The molecule has 0 aliphatic carbocycles. The van der Waals surface area contributed by atoms with Crippen LogP contribution in [0.2, 0.25) is 0 Å². The zero-order valence-electron chi connectivity index (χ0n) is 6.05. The van der Waals surface area contributed by atoms with E-state index in [-0.39, 0.29) is 5.82 Å². The summed E-state index contributed by atoms with van der Waals surface area (Å²) in [6, 6.07) is 4.34. The molecule has 4 heteroatoms. The molecule has 0 spiro atoms. The summed E-state index contributed by atoms with van der Waals surface area (Å²) < 4.78 is 12.7. The maximum absolute atomic E-state index is 12.7. The number of alkyl halides is 1. The second-order valence-electron chi connectivity index (χ2n) is 2.11. The Kier molecular flexibility index (Phi) is 3.53. The fourth-order valence-corrected chi connectivity index (χ4v) is 1.37. The topological polar surface area (TPSA) is 12.4 Å². The summed E-state index contributed by atoms with van der Waals surface area (Å²) in [5, 5.41) is 2.80. The van der Waals surface area contributed by atoms with E-state index in [1.54, 1.807) is 6.07 Å². The smallest absolute Gasteiger partial charge is 0.123 e. The first-order valence-corrected chi connectivity index (χ1v) is 4.73. The molecule has 0 bridgehead atoms. The Labute approximate surface area is 83.4 Å². The number of hydrogen-bond acceptors (Lipinski definition) is 2. The Hall–Kier alpha value is -0.570. The van der Waals surface area contributed by atoms with Gasteiger partial charge in [-0.2, -0.15) is 4.99 Å². The van der Waals surface area contributed by atoms with Gasteiger partial charge in [0.05, 0.1) is 10.8 Å². The van der Waals surface area contributed by atoms with E-state index in [4.69, 9.17) is 0 Å². The van der Waals surface area contributed by atoms with E-state index in [2.05, 4.69) is 38.3 Å². The summed E-state index contributed by atoms with van der Waals surface area (Å²) in [7, 11) is 0. The zero-order chi connectivity index (χ0) is 8.97. The Balaban J connectivity index is 3.19. The van der Waals surface area contributed by atoms with Gasteiger partial charge in [0.1, 0.15) is 5.82 Å². The van der Waals surface area contributed by atoms with E-state index in [0.29, 0.717) is 11.0 Å². The van der Waals surface area contributed by atoms with E-state index >= 15 is 0 Å². The van der Waals surface area contributed by atoms with Gasteiger partial charge in [-0.3, -0.25) is 0 Å². The molecule has 12 heavy (non-hydrogen) atoms. The van der Waals surface area contributed by atoms with Gasteiger partial charge in [-0.05, 0) is 36.0 Å². The molecule has 1 nitrogen and oxygen atoms in total. The molecule has 0 aromatic heterocycles. The zero-order valence-corrected chi connectivity index (χ0v) is 8.45. The van der Waals surface area contributed by atoms with Crippen molar-refractivity contribution in [1.82, 2.24) is 0 Å². The number of nitrogens with zero attached hydrogens (tertiary/aromatic N) is 1. The fraction of sp³-hybridized carbons (Fsp3) is 0.125. The summed E-state index contributed by atoms with van der Waals surface area (Å²) in [5.41, 5.74) is 1.43. The molecule has 0 saturated heterocycles. The van der Waals surface area contributed by atoms with Crippen LogP contribution >= 0.6 is 28.1 Å². The Bertz CT molecular complexity index is 334. The third kappa shape index (κ3) is 2.21. The highest BCUT2D eigenvalue weighted by atomic mass is 79.9. The summed E-state index contributed by atoms with van der Waals surface area (Å²) in [6.45, 7) is 0. The number of isothiocyanates is 1. The maximum Gasteiger partial charge on any atom is 0.123 e. The van der Waals surface area contributed by atoms with Gasteiger partial charge in [0.15, 0.2) is 0 Å². The van der Waals surface area contributed by atoms with Crippen LogP contribution in [0.4, 0.5) is 10.1 Å². The van der Waals surface area contributed by atoms with Gasteiger partial charge in [0.2, 0.25) is 0 Å². The number of rotatable bonds is 2. The predicted molar refractivity (Wildman–Crippen MR) is 53.7 cm³/mol. The van der Waals surface area contributed by atoms with Crippen molar-refractivity contribution in [1.29, 1.82) is 0 Å². The first kappa shape index (κ1) is 9.52. The normalized spacial score (nSPS) is 9.17.